The van der Waals surface area contributed by atoms with Gasteiger partial charge >= 0.3 is 5.97 Å². The quantitative estimate of drug-likeness (QED) is 0.602. The highest BCUT2D eigenvalue weighted by Crippen LogP contribution is 2.32. The van der Waals surface area contributed by atoms with Crippen LogP contribution in [0.4, 0.5) is 10.8 Å². The van der Waals surface area contributed by atoms with Crippen molar-refractivity contribution in [2.45, 2.75) is 26.2 Å². The Kier molecular flexibility index (Phi) is 5.75. The van der Waals surface area contributed by atoms with Crippen LogP contribution in [0, 0.1) is 0 Å². The molecule has 0 atom stereocenters. The van der Waals surface area contributed by atoms with E-state index in [1.807, 2.05) is 24.3 Å². The van der Waals surface area contributed by atoms with Crippen LogP contribution in [-0.4, -0.2) is 26.3 Å². The normalized spacial score (nSPS) is 10.5. The van der Waals surface area contributed by atoms with Crippen molar-refractivity contribution < 1.29 is 14.6 Å². The summed E-state index contributed by atoms with van der Waals surface area (Å²) < 4.78 is 6.03. The van der Waals surface area contributed by atoms with Crippen LogP contribution in [0.25, 0.3) is 0 Å². The molecule has 3 rings (SSSR count). The Morgan fingerprint density at radius 2 is 2.08 bits per heavy atom. The standard InChI is InChI=1S/C18H18N4O3S/c1-2-3-7-12-8-4-5-10-14(12)25-15-13(9-6-11-19-15)20-18-22-21-16(26-18)17(23)24/h4-6,8-11H,2-3,7H2,1H3,(H,20,22)(H,23,24). The number of nitrogens with one attached hydrogen (secondary N) is 1. The van der Waals surface area contributed by atoms with E-state index < -0.39 is 5.97 Å². The summed E-state index contributed by atoms with van der Waals surface area (Å²) in [4.78, 5) is 15.2. The Morgan fingerprint density at radius 1 is 1.23 bits per heavy atom. The monoisotopic (exact) mass is 370 g/mol. The van der Waals surface area contributed by atoms with Gasteiger partial charge in [-0.25, -0.2) is 9.78 Å². The van der Waals surface area contributed by atoms with Crippen molar-refractivity contribution in [3.8, 4) is 11.6 Å². The number of ether oxygens (including phenoxy) is 1. The zero-order chi connectivity index (χ0) is 18.4. The van der Waals surface area contributed by atoms with Gasteiger partial charge in [-0.1, -0.05) is 42.9 Å². The van der Waals surface area contributed by atoms with Crippen molar-refractivity contribution in [2.24, 2.45) is 0 Å². The number of aryl methyl sites for hydroxylation is 1. The van der Waals surface area contributed by atoms with E-state index in [2.05, 4.69) is 27.4 Å². The number of rotatable bonds is 8. The fraction of sp³-hybridized carbons (Fsp3) is 0.222. The first-order chi connectivity index (χ1) is 12.7. The molecule has 0 bridgehead atoms. The van der Waals surface area contributed by atoms with E-state index in [0.717, 1.165) is 41.9 Å². The molecule has 0 unspecified atom stereocenters. The zero-order valence-corrected chi connectivity index (χ0v) is 15.0. The van der Waals surface area contributed by atoms with Gasteiger partial charge in [0.05, 0.1) is 0 Å². The van der Waals surface area contributed by atoms with Gasteiger partial charge in [0.2, 0.25) is 16.0 Å². The Hall–Kier alpha value is -3.00. The number of unbranched alkanes of at least 4 members (excludes halogenated alkanes) is 1. The zero-order valence-electron chi connectivity index (χ0n) is 14.2. The van der Waals surface area contributed by atoms with E-state index in [4.69, 9.17) is 9.84 Å². The molecule has 0 saturated carbocycles. The number of hydrogen-bond donors (Lipinski definition) is 2. The highest BCUT2D eigenvalue weighted by molar-refractivity contribution is 7.17. The Balaban J connectivity index is 1.82. The molecule has 0 aliphatic heterocycles. The molecular formula is C18H18N4O3S. The van der Waals surface area contributed by atoms with Crippen LogP contribution in [0.5, 0.6) is 11.6 Å². The highest BCUT2D eigenvalue weighted by atomic mass is 32.1. The lowest BCUT2D eigenvalue weighted by molar-refractivity contribution is 0.0695. The van der Waals surface area contributed by atoms with Gasteiger partial charge in [0.15, 0.2) is 0 Å². The number of hydrogen-bond acceptors (Lipinski definition) is 7. The van der Waals surface area contributed by atoms with E-state index in [1.54, 1.807) is 18.3 Å². The molecule has 3 aromatic rings. The smallest absolute Gasteiger partial charge is 0.367 e. The average molecular weight is 370 g/mol. The molecular weight excluding hydrogens is 352 g/mol. The second kappa shape index (κ2) is 8.39. The van der Waals surface area contributed by atoms with E-state index in [-0.39, 0.29) is 5.01 Å². The van der Waals surface area contributed by atoms with Crippen molar-refractivity contribution in [3.05, 3.63) is 53.2 Å². The van der Waals surface area contributed by atoms with Crippen LogP contribution in [0.1, 0.15) is 35.1 Å². The van der Waals surface area contributed by atoms with Crippen molar-refractivity contribution in [1.29, 1.82) is 0 Å². The van der Waals surface area contributed by atoms with E-state index >= 15 is 0 Å². The van der Waals surface area contributed by atoms with Gasteiger partial charge in [0, 0.05) is 6.20 Å². The second-order valence-electron chi connectivity index (χ2n) is 5.51. The molecule has 0 fully saturated rings. The maximum Gasteiger partial charge on any atom is 0.367 e. The van der Waals surface area contributed by atoms with E-state index in [9.17, 15) is 4.79 Å². The molecule has 26 heavy (non-hydrogen) atoms. The molecule has 0 saturated heterocycles. The Morgan fingerprint density at radius 3 is 2.85 bits per heavy atom. The molecule has 0 aliphatic rings. The number of benzene rings is 1. The predicted octanol–water partition coefficient (Wildman–Crippen LogP) is 4.51. The van der Waals surface area contributed by atoms with Gasteiger partial charge < -0.3 is 15.2 Å². The van der Waals surface area contributed by atoms with Crippen LogP contribution in [-0.2, 0) is 6.42 Å². The van der Waals surface area contributed by atoms with E-state index in [0.29, 0.717) is 16.7 Å². The van der Waals surface area contributed by atoms with Gasteiger partial charge in [-0.05, 0) is 36.6 Å². The largest absolute Gasteiger partial charge is 0.476 e. The first kappa shape index (κ1) is 17.8. The number of aromatic carboxylic acids is 1. The Labute approximate surface area is 154 Å². The highest BCUT2D eigenvalue weighted by Gasteiger charge is 2.14. The molecule has 0 radical (unpaired) electrons. The molecule has 134 valence electrons. The molecule has 8 heteroatoms. The molecule has 0 aliphatic carbocycles. The van der Waals surface area contributed by atoms with Crippen LogP contribution in [0.2, 0.25) is 0 Å². The lowest BCUT2D eigenvalue weighted by Crippen LogP contribution is -1.98. The van der Waals surface area contributed by atoms with Gasteiger partial charge in [0.1, 0.15) is 11.4 Å². The molecule has 2 N–H and O–H groups in total. The van der Waals surface area contributed by atoms with Crippen molar-refractivity contribution in [3.63, 3.8) is 0 Å². The van der Waals surface area contributed by atoms with Gasteiger partial charge in [-0.2, -0.15) is 0 Å². The summed E-state index contributed by atoms with van der Waals surface area (Å²) in [5.41, 5.74) is 1.71. The van der Waals surface area contributed by atoms with Crippen LogP contribution >= 0.6 is 11.3 Å². The minimum absolute atomic E-state index is 0.0798. The first-order valence-electron chi connectivity index (χ1n) is 8.22. The SMILES string of the molecule is CCCCc1ccccc1Oc1ncccc1Nc1nnc(C(=O)O)s1. The minimum Gasteiger partial charge on any atom is -0.476 e. The topological polar surface area (TPSA) is 97.2 Å². The number of aromatic nitrogens is 3. The second-order valence-corrected chi connectivity index (χ2v) is 6.49. The Bertz CT molecular complexity index is 897. The molecule has 2 heterocycles. The summed E-state index contributed by atoms with van der Waals surface area (Å²) in [6.45, 7) is 2.15. The van der Waals surface area contributed by atoms with Gasteiger partial charge in [-0.15, -0.1) is 10.2 Å². The van der Waals surface area contributed by atoms with Crippen LogP contribution < -0.4 is 10.1 Å². The molecule has 0 amide bonds. The summed E-state index contributed by atoms with van der Waals surface area (Å²) in [5.74, 6) is 0.0396. The van der Waals surface area contributed by atoms with Crippen LogP contribution in [0.15, 0.2) is 42.6 Å². The number of anilines is 2. The van der Waals surface area contributed by atoms with Crippen molar-refractivity contribution in [2.75, 3.05) is 5.32 Å². The number of nitrogens with zero attached hydrogens (tertiary/aromatic N) is 3. The average Bonchev–Trinajstić information content (AvgIpc) is 3.11. The third kappa shape index (κ3) is 4.34. The van der Waals surface area contributed by atoms with Crippen molar-refractivity contribution in [1.82, 2.24) is 15.2 Å². The number of carboxylic acids is 1. The predicted molar refractivity (Wildman–Crippen MR) is 99.5 cm³/mol. The number of pyridine rings is 1. The van der Waals surface area contributed by atoms with Crippen LogP contribution in [0.3, 0.4) is 0 Å². The van der Waals surface area contributed by atoms with E-state index in [1.165, 1.54) is 0 Å². The number of carboxylic acid groups (broad SMARTS) is 1. The minimum atomic E-state index is -1.11. The molecule has 0 spiro atoms. The van der Waals surface area contributed by atoms with Gasteiger partial charge in [-0.3, -0.25) is 0 Å². The number of para-hydroxylation sites is 1. The lowest BCUT2D eigenvalue weighted by Gasteiger charge is -2.13. The maximum atomic E-state index is 10.9. The summed E-state index contributed by atoms with van der Waals surface area (Å²) in [5, 5.41) is 19.7. The molecule has 7 nitrogen and oxygen atoms in total. The maximum absolute atomic E-state index is 10.9. The van der Waals surface area contributed by atoms with Crippen molar-refractivity contribution >= 4 is 28.1 Å². The first-order valence-corrected chi connectivity index (χ1v) is 9.03. The summed E-state index contributed by atoms with van der Waals surface area (Å²) >= 11 is 0.949. The summed E-state index contributed by atoms with van der Waals surface area (Å²) in [6, 6.07) is 11.4. The fourth-order valence-electron chi connectivity index (χ4n) is 2.32. The summed E-state index contributed by atoms with van der Waals surface area (Å²) in [6.07, 6.45) is 4.75. The third-order valence-electron chi connectivity index (χ3n) is 3.60. The fourth-order valence-corrected chi connectivity index (χ4v) is 2.92. The lowest BCUT2D eigenvalue weighted by atomic mass is 10.1. The summed E-state index contributed by atoms with van der Waals surface area (Å²) in [7, 11) is 0. The third-order valence-corrected chi connectivity index (χ3v) is 4.43. The van der Waals surface area contributed by atoms with Gasteiger partial charge in [0.25, 0.3) is 0 Å². The number of carbonyl (C=O) groups is 1. The molecule has 1 aromatic carbocycles. The molecule has 2 aromatic heterocycles.